The van der Waals surface area contributed by atoms with E-state index in [0.717, 1.165) is 23.2 Å². The van der Waals surface area contributed by atoms with E-state index in [0.29, 0.717) is 23.6 Å². The Morgan fingerprint density at radius 1 is 1.18 bits per heavy atom. The lowest BCUT2D eigenvalue weighted by molar-refractivity contribution is 0.354. The van der Waals surface area contributed by atoms with Gasteiger partial charge in [0.1, 0.15) is 11.6 Å². The monoisotopic (exact) mass is 295 g/mol. The average Bonchev–Trinajstić information content (AvgIpc) is 2.53. The Kier molecular flexibility index (Phi) is 3.38. The number of nitriles is 1. The molecule has 3 rings (SSSR count). The molecule has 0 saturated carbocycles. The van der Waals surface area contributed by atoms with Crippen LogP contribution in [0.4, 0.5) is 0 Å². The predicted octanol–water partition coefficient (Wildman–Crippen LogP) is 2.39. The summed E-state index contributed by atoms with van der Waals surface area (Å²) in [5, 5.41) is 17.5. The zero-order valence-electron chi connectivity index (χ0n) is 12.9. The number of pyridine rings is 1. The lowest BCUT2D eigenvalue weighted by atomic mass is 9.94. The first-order valence-corrected chi connectivity index (χ1v) is 7.05. The van der Waals surface area contributed by atoms with E-state index < -0.39 is 0 Å². The van der Waals surface area contributed by atoms with Crippen LogP contribution in [0.1, 0.15) is 16.7 Å². The number of hydrogen-bond acceptors (Lipinski definition) is 4. The summed E-state index contributed by atoms with van der Waals surface area (Å²) in [7, 11) is 3.24. The van der Waals surface area contributed by atoms with Gasteiger partial charge in [-0.05, 0) is 42.7 Å². The van der Waals surface area contributed by atoms with Gasteiger partial charge in [0.15, 0.2) is 11.5 Å². The van der Waals surface area contributed by atoms with Gasteiger partial charge in [0, 0.05) is 12.1 Å². The minimum Gasteiger partial charge on any atom is -0.493 e. The van der Waals surface area contributed by atoms with Crippen LogP contribution in [0.2, 0.25) is 0 Å². The summed E-state index contributed by atoms with van der Waals surface area (Å²) in [5.74, 6) is 1.38. The Labute approximate surface area is 128 Å². The van der Waals surface area contributed by atoms with Crippen molar-refractivity contribution in [2.24, 2.45) is 0 Å². The number of rotatable bonds is 2. The Morgan fingerprint density at radius 2 is 1.86 bits per heavy atom. The molecule has 0 fully saturated rings. The predicted molar refractivity (Wildman–Crippen MR) is 82.0 cm³/mol. The normalized spacial score (nSPS) is 12.1. The van der Waals surface area contributed by atoms with Crippen LogP contribution in [-0.4, -0.2) is 18.8 Å². The Balaban J connectivity index is 2.31. The summed E-state index contributed by atoms with van der Waals surface area (Å²) in [6.07, 6.45) is 0.799. The highest BCUT2D eigenvalue weighted by Crippen LogP contribution is 2.38. The molecule has 2 aromatic rings. The molecule has 1 aromatic heterocycles. The van der Waals surface area contributed by atoms with Gasteiger partial charge in [-0.3, -0.25) is 5.41 Å². The molecule has 0 radical (unpaired) electrons. The van der Waals surface area contributed by atoms with E-state index in [1.54, 1.807) is 14.2 Å². The minimum atomic E-state index is 0.276. The Bertz CT molecular complexity index is 860. The van der Waals surface area contributed by atoms with Crippen LogP contribution >= 0.6 is 0 Å². The highest BCUT2D eigenvalue weighted by molar-refractivity contribution is 5.71. The quantitative estimate of drug-likeness (QED) is 0.924. The van der Waals surface area contributed by atoms with E-state index in [1.807, 2.05) is 29.7 Å². The van der Waals surface area contributed by atoms with Gasteiger partial charge in [0.2, 0.25) is 0 Å². The molecule has 22 heavy (non-hydrogen) atoms. The third kappa shape index (κ3) is 1.96. The Hall–Kier alpha value is -2.74. The van der Waals surface area contributed by atoms with Crippen molar-refractivity contribution in [1.82, 2.24) is 4.57 Å². The third-order valence-electron chi connectivity index (χ3n) is 4.15. The van der Waals surface area contributed by atoms with Gasteiger partial charge in [0.05, 0.1) is 25.5 Å². The number of methoxy groups -OCH3 is 2. The first-order chi connectivity index (χ1) is 10.6. The fourth-order valence-electron chi connectivity index (χ4n) is 2.99. The molecule has 0 atom stereocenters. The summed E-state index contributed by atoms with van der Waals surface area (Å²) in [5.41, 5.74) is 4.68. The van der Waals surface area contributed by atoms with Crippen LogP contribution in [-0.2, 0) is 13.0 Å². The lowest BCUT2D eigenvalue weighted by Gasteiger charge is -2.25. The number of fused-ring (bicyclic) bond motifs is 3. The SMILES string of the molecule is COc1cc2c(cc1OC)-c1cc(C)c(C#N)c(=N)n1CC2. The topological polar surface area (TPSA) is 71.0 Å². The first kappa shape index (κ1) is 14.2. The van der Waals surface area contributed by atoms with E-state index in [4.69, 9.17) is 14.9 Å². The molecule has 0 unspecified atom stereocenters. The van der Waals surface area contributed by atoms with E-state index in [-0.39, 0.29) is 5.49 Å². The molecule has 5 nitrogen and oxygen atoms in total. The molecule has 0 saturated heterocycles. The van der Waals surface area contributed by atoms with Gasteiger partial charge < -0.3 is 14.0 Å². The van der Waals surface area contributed by atoms with Crippen molar-refractivity contribution in [2.45, 2.75) is 19.9 Å². The largest absolute Gasteiger partial charge is 0.493 e. The fraction of sp³-hybridized carbons (Fsp3) is 0.294. The minimum absolute atomic E-state index is 0.276. The number of ether oxygens (including phenoxy) is 2. The summed E-state index contributed by atoms with van der Waals surface area (Å²) >= 11 is 0. The molecule has 112 valence electrons. The molecule has 2 heterocycles. The van der Waals surface area contributed by atoms with Crippen LogP contribution in [0, 0.1) is 23.7 Å². The number of aromatic nitrogens is 1. The lowest BCUT2D eigenvalue weighted by Crippen LogP contribution is -2.29. The van der Waals surface area contributed by atoms with Crippen LogP contribution in [0.15, 0.2) is 18.2 Å². The van der Waals surface area contributed by atoms with E-state index in [1.165, 1.54) is 5.56 Å². The molecule has 0 aliphatic carbocycles. The van der Waals surface area contributed by atoms with Crippen LogP contribution in [0.5, 0.6) is 11.5 Å². The zero-order valence-corrected chi connectivity index (χ0v) is 12.9. The van der Waals surface area contributed by atoms with E-state index in [2.05, 4.69) is 6.07 Å². The third-order valence-corrected chi connectivity index (χ3v) is 4.15. The molecule has 1 aliphatic rings. The highest BCUT2D eigenvalue weighted by atomic mass is 16.5. The van der Waals surface area contributed by atoms with Crippen molar-refractivity contribution in [1.29, 1.82) is 10.7 Å². The molecule has 0 amide bonds. The first-order valence-electron chi connectivity index (χ1n) is 7.05. The number of aryl methyl sites for hydroxylation is 2. The van der Waals surface area contributed by atoms with Crippen molar-refractivity contribution >= 4 is 0 Å². The molecule has 1 aliphatic heterocycles. The maximum absolute atomic E-state index is 9.23. The van der Waals surface area contributed by atoms with Crippen molar-refractivity contribution in [3.63, 3.8) is 0 Å². The number of nitrogens with one attached hydrogen (secondary N) is 1. The zero-order chi connectivity index (χ0) is 15.9. The summed E-state index contributed by atoms with van der Waals surface area (Å²) < 4.78 is 12.6. The summed E-state index contributed by atoms with van der Waals surface area (Å²) in [6.45, 7) is 2.55. The van der Waals surface area contributed by atoms with Gasteiger partial charge in [-0.25, -0.2) is 0 Å². The second-order valence-corrected chi connectivity index (χ2v) is 5.31. The Morgan fingerprint density at radius 3 is 2.50 bits per heavy atom. The number of nitrogens with zero attached hydrogens (tertiary/aromatic N) is 2. The highest BCUT2D eigenvalue weighted by Gasteiger charge is 2.21. The van der Waals surface area contributed by atoms with E-state index >= 15 is 0 Å². The molecular weight excluding hydrogens is 278 g/mol. The van der Waals surface area contributed by atoms with Crippen LogP contribution in [0.3, 0.4) is 0 Å². The van der Waals surface area contributed by atoms with Crippen molar-refractivity contribution < 1.29 is 9.47 Å². The molecular formula is C17H17N3O2. The second-order valence-electron chi connectivity index (χ2n) is 5.31. The molecule has 5 heteroatoms. The van der Waals surface area contributed by atoms with Gasteiger partial charge in [-0.2, -0.15) is 5.26 Å². The van der Waals surface area contributed by atoms with Crippen molar-refractivity contribution in [3.05, 3.63) is 40.4 Å². The second kappa shape index (κ2) is 5.23. The molecule has 1 N–H and O–H groups in total. The standard InChI is InChI=1S/C17H17N3O2/c1-10-6-14-12-8-16(22-3)15(21-2)7-11(12)4-5-20(14)17(19)13(10)9-18/h6-8,19H,4-5H2,1-3H3. The van der Waals surface area contributed by atoms with Crippen molar-refractivity contribution in [2.75, 3.05) is 14.2 Å². The van der Waals surface area contributed by atoms with Gasteiger partial charge in [-0.15, -0.1) is 0 Å². The molecule has 1 aromatic carbocycles. The maximum atomic E-state index is 9.23. The molecule has 0 spiro atoms. The number of hydrogen-bond donors (Lipinski definition) is 1. The smallest absolute Gasteiger partial charge is 0.161 e. The molecule has 0 bridgehead atoms. The van der Waals surface area contributed by atoms with Crippen molar-refractivity contribution in [3.8, 4) is 28.8 Å². The average molecular weight is 295 g/mol. The van der Waals surface area contributed by atoms with Gasteiger partial charge >= 0.3 is 0 Å². The van der Waals surface area contributed by atoms with Crippen LogP contribution < -0.4 is 15.0 Å². The maximum Gasteiger partial charge on any atom is 0.161 e. The number of benzene rings is 1. The van der Waals surface area contributed by atoms with Gasteiger partial charge in [-0.1, -0.05) is 0 Å². The summed E-state index contributed by atoms with van der Waals surface area (Å²) in [4.78, 5) is 0. The van der Waals surface area contributed by atoms with Gasteiger partial charge in [0.25, 0.3) is 0 Å². The fourth-order valence-corrected chi connectivity index (χ4v) is 2.99. The summed E-state index contributed by atoms with van der Waals surface area (Å²) in [6, 6.07) is 8.04. The van der Waals surface area contributed by atoms with Crippen LogP contribution in [0.25, 0.3) is 11.3 Å². The van der Waals surface area contributed by atoms with E-state index in [9.17, 15) is 5.26 Å².